The third kappa shape index (κ3) is 4.66. The molecule has 2 aromatic rings. The quantitative estimate of drug-likeness (QED) is 0.563. The summed E-state index contributed by atoms with van der Waals surface area (Å²) in [6, 6.07) is 4.36. The fourth-order valence-corrected chi connectivity index (χ4v) is 4.33. The van der Waals surface area contributed by atoms with Gasteiger partial charge < -0.3 is 24.5 Å². The van der Waals surface area contributed by atoms with Crippen LogP contribution >= 0.6 is 11.6 Å². The molecule has 1 aliphatic heterocycles. The van der Waals surface area contributed by atoms with Crippen LogP contribution in [0.5, 0.6) is 5.75 Å². The Labute approximate surface area is 195 Å². The highest BCUT2D eigenvalue weighted by Gasteiger charge is 2.48. The first-order valence-corrected chi connectivity index (χ1v) is 10.8. The average Bonchev–Trinajstić information content (AvgIpc) is 2.79. The van der Waals surface area contributed by atoms with Gasteiger partial charge in [-0.3, -0.25) is 14.4 Å². The minimum Gasteiger partial charge on any atom is -0.503 e. The Kier molecular flexibility index (Phi) is 7.56. The summed E-state index contributed by atoms with van der Waals surface area (Å²) in [7, 11) is 3.04. The van der Waals surface area contributed by atoms with Crippen LogP contribution in [0.2, 0.25) is 5.02 Å². The number of nitrogens with zero attached hydrogens (tertiary/aromatic N) is 1. The number of ether oxygens (including phenoxy) is 2. The highest BCUT2D eigenvalue weighted by atomic mass is 35.5. The van der Waals surface area contributed by atoms with Gasteiger partial charge in [0.15, 0.2) is 11.5 Å². The van der Waals surface area contributed by atoms with Crippen LogP contribution < -0.4 is 10.7 Å². The van der Waals surface area contributed by atoms with Crippen LogP contribution in [0.1, 0.15) is 46.2 Å². The van der Waals surface area contributed by atoms with Crippen LogP contribution in [-0.2, 0) is 22.6 Å². The van der Waals surface area contributed by atoms with Crippen molar-refractivity contribution >= 4 is 23.3 Å². The van der Waals surface area contributed by atoms with Crippen molar-refractivity contribution in [3.05, 3.63) is 62.3 Å². The molecule has 33 heavy (non-hydrogen) atoms. The number of rotatable bonds is 8. The molecule has 3 rings (SSSR count). The summed E-state index contributed by atoms with van der Waals surface area (Å²) in [4.78, 5) is 38.8. The van der Waals surface area contributed by atoms with Crippen LogP contribution in [0.25, 0.3) is 0 Å². The normalized spacial score (nSPS) is 19.9. The Morgan fingerprint density at radius 1 is 1.36 bits per heavy atom. The van der Waals surface area contributed by atoms with Crippen molar-refractivity contribution in [2.45, 2.75) is 39.0 Å². The third-order valence-electron chi connectivity index (χ3n) is 6.11. The Bertz CT molecular complexity index is 1130. The molecule has 2 unspecified atom stereocenters. The number of benzene rings is 1. The molecule has 1 amide bonds. The first kappa shape index (κ1) is 24.9. The molecule has 2 atom stereocenters. The van der Waals surface area contributed by atoms with E-state index in [0.717, 1.165) is 0 Å². The van der Waals surface area contributed by atoms with Crippen molar-refractivity contribution in [2.24, 2.45) is 5.41 Å². The number of carbonyl (C=O) groups is 2. The molecule has 1 aromatic heterocycles. The maximum absolute atomic E-state index is 14.1. The number of methoxy groups -OCH3 is 2. The molecule has 0 saturated carbocycles. The largest absolute Gasteiger partial charge is 0.503 e. The van der Waals surface area contributed by atoms with Gasteiger partial charge in [-0.1, -0.05) is 23.7 Å². The van der Waals surface area contributed by atoms with Gasteiger partial charge in [-0.2, -0.15) is 0 Å². The standard InChI is InChI=1S/C23H26ClFN2O6/c1-23(8-5-9-32-2)16(33-3)12-27-11-14(19(28)20(29)18(27)21(23)30)22(31)26-10-13-6-4-7-15(24)17(13)25/h4,6-7,11,16,29H,5,8-10,12H2,1-3H3,(H,26,31). The monoisotopic (exact) mass is 480 g/mol. The second-order valence-corrected chi connectivity index (χ2v) is 8.59. The molecule has 0 spiro atoms. The molecule has 2 heterocycles. The molecule has 1 aromatic carbocycles. The number of hydrogen-bond acceptors (Lipinski definition) is 6. The summed E-state index contributed by atoms with van der Waals surface area (Å²) >= 11 is 5.75. The zero-order valence-corrected chi connectivity index (χ0v) is 19.4. The summed E-state index contributed by atoms with van der Waals surface area (Å²) in [5.74, 6) is -2.74. The number of aromatic nitrogens is 1. The number of amides is 1. The molecule has 8 nitrogen and oxygen atoms in total. The van der Waals surface area contributed by atoms with Gasteiger partial charge in [-0.15, -0.1) is 0 Å². The lowest BCUT2D eigenvalue weighted by atomic mass is 9.72. The molecule has 178 valence electrons. The topological polar surface area (TPSA) is 107 Å². The van der Waals surface area contributed by atoms with Gasteiger partial charge in [0.05, 0.1) is 23.1 Å². The van der Waals surface area contributed by atoms with Crippen molar-refractivity contribution in [3.63, 3.8) is 0 Å². The Morgan fingerprint density at radius 3 is 2.76 bits per heavy atom. The van der Waals surface area contributed by atoms with Gasteiger partial charge >= 0.3 is 0 Å². The molecule has 0 bridgehead atoms. The second-order valence-electron chi connectivity index (χ2n) is 8.18. The molecular formula is C23H26ClFN2O6. The van der Waals surface area contributed by atoms with E-state index in [-0.39, 0.29) is 34.9 Å². The van der Waals surface area contributed by atoms with Gasteiger partial charge in [0.25, 0.3) is 5.91 Å². The zero-order chi connectivity index (χ0) is 24.3. The predicted molar refractivity (Wildman–Crippen MR) is 119 cm³/mol. The SMILES string of the molecule is COCCCC1(C)C(=O)c2c(O)c(=O)c(C(=O)NCc3cccc(Cl)c3F)cn2CC1OC. The van der Waals surface area contributed by atoms with Crippen LogP contribution in [0.3, 0.4) is 0 Å². The lowest BCUT2D eigenvalue weighted by Gasteiger charge is -2.41. The van der Waals surface area contributed by atoms with E-state index in [1.807, 2.05) is 0 Å². The highest BCUT2D eigenvalue weighted by Crippen LogP contribution is 2.40. The number of nitrogens with one attached hydrogen (secondary N) is 1. The van der Waals surface area contributed by atoms with E-state index in [0.29, 0.717) is 19.4 Å². The number of ketones is 1. The van der Waals surface area contributed by atoms with E-state index in [1.165, 1.54) is 36.1 Å². The summed E-state index contributed by atoms with van der Waals surface area (Å²) < 4.78 is 26.1. The summed E-state index contributed by atoms with van der Waals surface area (Å²) in [6.07, 6.45) is 1.69. The maximum Gasteiger partial charge on any atom is 0.257 e. The number of Topliss-reactive ketones (excluding diaryl/α,β-unsaturated/α-hetero) is 1. The van der Waals surface area contributed by atoms with Gasteiger partial charge in [0, 0.05) is 39.1 Å². The van der Waals surface area contributed by atoms with Crippen LogP contribution in [-0.4, -0.2) is 48.3 Å². The Morgan fingerprint density at radius 2 is 2.09 bits per heavy atom. The number of pyridine rings is 1. The van der Waals surface area contributed by atoms with Crippen LogP contribution in [0.4, 0.5) is 4.39 Å². The number of halogens is 2. The van der Waals surface area contributed by atoms with E-state index >= 15 is 0 Å². The van der Waals surface area contributed by atoms with E-state index in [4.69, 9.17) is 21.1 Å². The van der Waals surface area contributed by atoms with Gasteiger partial charge in [0.2, 0.25) is 5.43 Å². The number of aromatic hydroxyl groups is 1. The molecule has 2 N–H and O–H groups in total. The minimum absolute atomic E-state index is 0.0917. The summed E-state index contributed by atoms with van der Waals surface area (Å²) in [5.41, 5.74) is -2.35. The maximum atomic E-state index is 14.1. The molecule has 1 aliphatic rings. The van der Waals surface area contributed by atoms with Crippen LogP contribution in [0.15, 0.2) is 29.2 Å². The van der Waals surface area contributed by atoms with Crippen molar-refractivity contribution in [1.29, 1.82) is 0 Å². The van der Waals surface area contributed by atoms with Crippen LogP contribution in [0, 0.1) is 11.2 Å². The highest BCUT2D eigenvalue weighted by molar-refractivity contribution is 6.30. The van der Waals surface area contributed by atoms with Gasteiger partial charge in [0.1, 0.15) is 17.1 Å². The summed E-state index contributed by atoms with van der Waals surface area (Å²) in [6.45, 7) is 2.11. The first-order chi connectivity index (χ1) is 15.7. The lowest BCUT2D eigenvalue weighted by molar-refractivity contribution is -0.0209. The predicted octanol–water partition coefficient (Wildman–Crippen LogP) is 2.92. The molecule has 0 aliphatic carbocycles. The Balaban J connectivity index is 1.92. The van der Waals surface area contributed by atoms with Crippen molar-refractivity contribution in [1.82, 2.24) is 9.88 Å². The first-order valence-electron chi connectivity index (χ1n) is 10.4. The molecule has 10 heteroatoms. The fraction of sp³-hybridized carbons (Fsp3) is 0.435. The van der Waals surface area contributed by atoms with Gasteiger partial charge in [-0.25, -0.2) is 4.39 Å². The van der Waals surface area contributed by atoms with E-state index in [2.05, 4.69) is 5.32 Å². The number of carbonyl (C=O) groups excluding carboxylic acids is 2. The molecular weight excluding hydrogens is 455 g/mol. The third-order valence-corrected chi connectivity index (χ3v) is 6.40. The molecule has 0 radical (unpaired) electrons. The van der Waals surface area contributed by atoms with E-state index in [9.17, 15) is 23.9 Å². The minimum atomic E-state index is -0.981. The number of hydrogen-bond donors (Lipinski definition) is 2. The number of fused-ring (bicyclic) bond motifs is 1. The molecule has 0 saturated heterocycles. The smallest absolute Gasteiger partial charge is 0.257 e. The van der Waals surface area contributed by atoms with Crippen molar-refractivity contribution in [2.75, 3.05) is 20.8 Å². The second kappa shape index (κ2) is 10.0. The van der Waals surface area contributed by atoms with Crippen molar-refractivity contribution < 1.29 is 28.6 Å². The average molecular weight is 481 g/mol. The lowest BCUT2D eigenvalue weighted by Crippen LogP contribution is -2.50. The van der Waals surface area contributed by atoms with E-state index in [1.54, 1.807) is 14.0 Å². The Hall–Kier alpha value is -2.75. The zero-order valence-electron chi connectivity index (χ0n) is 18.6. The van der Waals surface area contributed by atoms with Crippen molar-refractivity contribution in [3.8, 4) is 5.75 Å². The fourth-order valence-electron chi connectivity index (χ4n) is 4.14. The van der Waals surface area contributed by atoms with E-state index < -0.39 is 40.2 Å². The summed E-state index contributed by atoms with van der Waals surface area (Å²) in [5, 5.41) is 13.0. The molecule has 0 fully saturated rings. The van der Waals surface area contributed by atoms with Gasteiger partial charge in [-0.05, 0) is 25.8 Å².